The standard InChI is InChI=1S/C12H11O4P/c13-17(14,15)12-8-6-11(7-9-12)16-10-4-2-1-3-5-10/h1-9H,(H2,13,14,15). The normalized spacial score (nSPS) is 11.2. The summed E-state index contributed by atoms with van der Waals surface area (Å²) in [6.07, 6.45) is 0. The molecule has 0 spiro atoms. The average Bonchev–Trinajstić information content (AvgIpc) is 2.30. The van der Waals surface area contributed by atoms with Crippen LogP contribution in [0.5, 0.6) is 11.5 Å². The van der Waals surface area contributed by atoms with E-state index in [4.69, 9.17) is 14.5 Å². The second kappa shape index (κ2) is 4.72. The van der Waals surface area contributed by atoms with Crippen molar-refractivity contribution in [1.29, 1.82) is 0 Å². The van der Waals surface area contributed by atoms with Crippen LogP contribution >= 0.6 is 7.60 Å². The lowest BCUT2D eigenvalue weighted by Gasteiger charge is -2.07. The number of para-hydroxylation sites is 1. The molecule has 17 heavy (non-hydrogen) atoms. The summed E-state index contributed by atoms with van der Waals surface area (Å²) < 4.78 is 16.4. The SMILES string of the molecule is O=P(O)(O)c1ccc(Oc2ccccc2)cc1. The van der Waals surface area contributed by atoms with Crippen LogP contribution in [0, 0.1) is 0 Å². The lowest BCUT2D eigenvalue weighted by molar-refractivity contribution is 0.387. The Bertz CT molecular complexity index is 530. The van der Waals surface area contributed by atoms with Crippen molar-refractivity contribution in [2.45, 2.75) is 0 Å². The van der Waals surface area contributed by atoms with Crippen molar-refractivity contribution in [3.05, 3.63) is 54.6 Å². The Balaban J connectivity index is 2.17. The molecule has 2 aromatic rings. The monoisotopic (exact) mass is 250 g/mol. The number of benzene rings is 2. The van der Waals surface area contributed by atoms with E-state index in [1.807, 2.05) is 18.2 Å². The van der Waals surface area contributed by atoms with Gasteiger partial charge in [-0.3, -0.25) is 4.57 Å². The molecule has 0 saturated carbocycles. The van der Waals surface area contributed by atoms with Crippen molar-refractivity contribution < 1.29 is 19.1 Å². The van der Waals surface area contributed by atoms with Crippen molar-refractivity contribution in [2.75, 3.05) is 0 Å². The summed E-state index contributed by atoms with van der Waals surface area (Å²) in [5, 5.41) is -0.0158. The predicted octanol–water partition coefficient (Wildman–Crippen LogP) is 2.28. The molecule has 0 aliphatic heterocycles. The topological polar surface area (TPSA) is 66.8 Å². The zero-order valence-corrected chi connectivity index (χ0v) is 9.75. The van der Waals surface area contributed by atoms with Gasteiger partial charge in [0.2, 0.25) is 0 Å². The Hall–Kier alpha value is -1.61. The maximum atomic E-state index is 11.0. The summed E-state index contributed by atoms with van der Waals surface area (Å²) in [7, 11) is -4.18. The first-order valence-corrected chi connectivity index (χ1v) is 6.56. The van der Waals surface area contributed by atoms with Gasteiger partial charge in [0.1, 0.15) is 11.5 Å². The predicted molar refractivity (Wildman–Crippen MR) is 64.6 cm³/mol. The van der Waals surface area contributed by atoms with Gasteiger partial charge in [0.05, 0.1) is 5.30 Å². The molecule has 0 atom stereocenters. The highest BCUT2D eigenvalue weighted by Gasteiger charge is 2.16. The highest BCUT2D eigenvalue weighted by atomic mass is 31.2. The van der Waals surface area contributed by atoms with Crippen LogP contribution < -0.4 is 10.0 Å². The number of hydrogen-bond donors (Lipinski definition) is 2. The molecule has 0 aliphatic rings. The van der Waals surface area contributed by atoms with Gasteiger partial charge in [0.25, 0.3) is 0 Å². The van der Waals surface area contributed by atoms with E-state index in [1.54, 1.807) is 12.1 Å². The van der Waals surface area contributed by atoms with Gasteiger partial charge in [0, 0.05) is 0 Å². The third-order valence-corrected chi connectivity index (χ3v) is 3.12. The lowest BCUT2D eigenvalue weighted by Crippen LogP contribution is -2.02. The highest BCUT2D eigenvalue weighted by Crippen LogP contribution is 2.33. The van der Waals surface area contributed by atoms with Crippen molar-refractivity contribution in [1.82, 2.24) is 0 Å². The molecule has 0 aliphatic carbocycles. The molecular weight excluding hydrogens is 239 g/mol. The molecule has 0 amide bonds. The third-order valence-electron chi connectivity index (χ3n) is 2.15. The van der Waals surface area contributed by atoms with Gasteiger partial charge in [-0.25, -0.2) is 0 Å². The van der Waals surface area contributed by atoms with Crippen molar-refractivity contribution in [3.8, 4) is 11.5 Å². The minimum absolute atomic E-state index is 0.0158. The second-order valence-corrected chi connectivity index (χ2v) is 5.06. The molecule has 0 radical (unpaired) electrons. The average molecular weight is 250 g/mol. The van der Waals surface area contributed by atoms with Gasteiger partial charge < -0.3 is 14.5 Å². The Labute approximate surface area is 98.7 Å². The van der Waals surface area contributed by atoms with Gasteiger partial charge in [-0.2, -0.15) is 0 Å². The summed E-state index contributed by atoms with van der Waals surface area (Å²) in [5.74, 6) is 1.21. The van der Waals surface area contributed by atoms with E-state index in [9.17, 15) is 4.57 Å². The Morgan fingerprint density at radius 3 is 1.88 bits per heavy atom. The molecule has 5 heteroatoms. The van der Waals surface area contributed by atoms with E-state index in [2.05, 4.69) is 0 Å². The number of rotatable bonds is 3. The number of ether oxygens (including phenoxy) is 1. The minimum Gasteiger partial charge on any atom is -0.457 e. The fourth-order valence-corrected chi connectivity index (χ4v) is 1.87. The van der Waals surface area contributed by atoms with Gasteiger partial charge in [0.15, 0.2) is 0 Å². The van der Waals surface area contributed by atoms with Crippen LogP contribution in [-0.4, -0.2) is 9.79 Å². The van der Waals surface area contributed by atoms with Gasteiger partial charge >= 0.3 is 7.60 Å². The first kappa shape index (κ1) is 11.9. The first-order valence-electron chi connectivity index (χ1n) is 4.95. The summed E-state index contributed by atoms with van der Waals surface area (Å²) in [6, 6.07) is 15.0. The molecule has 0 unspecified atom stereocenters. The van der Waals surface area contributed by atoms with Crippen LogP contribution in [0.3, 0.4) is 0 Å². The summed E-state index contributed by atoms with van der Waals surface area (Å²) >= 11 is 0. The highest BCUT2D eigenvalue weighted by molar-refractivity contribution is 7.60. The van der Waals surface area contributed by atoms with Crippen LogP contribution in [-0.2, 0) is 4.57 Å². The molecule has 0 fully saturated rings. The molecule has 2 N–H and O–H groups in total. The van der Waals surface area contributed by atoms with Crippen molar-refractivity contribution in [3.63, 3.8) is 0 Å². The van der Waals surface area contributed by atoms with Gasteiger partial charge in [-0.15, -0.1) is 0 Å². The van der Waals surface area contributed by atoms with E-state index in [-0.39, 0.29) is 5.30 Å². The maximum Gasteiger partial charge on any atom is 0.356 e. The summed E-state index contributed by atoms with van der Waals surface area (Å²) in [5.41, 5.74) is 0. The van der Waals surface area contributed by atoms with Crippen LogP contribution in [0.15, 0.2) is 54.6 Å². The summed E-state index contributed by atoms with van der Waals surface area (Å²) in [4.78, 5) is 17.9. The molecule has 4 nitrogen and oxygen atoms in total. The fraction of sp³-hybridized carbons (Fsp3) is 0. The quantitative estimate of drug-likeness (QED) is 0.820. The zero-order chi connectivity index (χ0) is 12.3. The van der Waals surface area contributed by atoms with Crippen LogP contribution in [0.1, 0.15) is 0 Å². The van der Waals surface area contributed by atoms with Crippen LogP contribution in [0.25, 0.3) is 0 Å². The van der Waals surface area contributed by atoms with Crippen molar-refractivity contribution in [2.24, 2.45) is 0 Å². The first-order chi connectivity index (χ1) is 8.05. The Morgan fingerprint density at radius 2 is 1.35 bits per heavy atom. The molecule has 0 bridgehead atoms. The Morgan fingerprint density at radius 1 is 0.824 bits per heavy atom. The third kappa shape index (κ3) is 3.17. The van der Waals surface area contributed by atoms with E-state index in [0.717, 1.165) is 0 Å². The molecule has 0 heterocycles. The lowest BCUT2D eigenvalue weighted by atomic mass is 10.3. The van der Waals surface area contributed by atoms with Crippen LogP contribution in [0.4, 0.5) is 0 Å². The van der Waals surface area contributed by atoms with Gasteiger partial charge in [-0.05, 0) is 36.4 Å². The maximum absolute atomic E-state index is 11.0. The Kier molecular flexibility index (Phi) is 3.29. The van der Waals surface area contributed by atoms with Gasteiger partial charge in [-0.1, -0.05) is 18.2 Å². The molecule has 0 saturated heterocycles. The van der Waals surface area contributed by atoms with Crippen molar-refractivity contribution >= 4 is 12.9 Å². The molecule has 0 aromatic heterocycles. The van der Waals surface area contributed by atoms with E-state index in [0.29, 0.717) is 11.5 Å². The smallest absolute Gasteiger partial charge is 0.356 e. The van der Waals surface area contributed by atoms with E-state index < -0.39 is 7.60 Å². The molecule has 88 valence electrons. The number of hydrogen-bond acceptors (Lipinski definition) is 2. The molecule has 2 aromatic carbocycles. The summed E-state index contributed by atoms with van der Waals surface area (Å²) in [6.45, 7) is 0. The van der Waals surface area contributed by atoms with E-state index in [1.165, 1.54) is 24.3 Å². The zero-order valence-electron chi connectivity index (χ0n) is 8.85. The minimum atomic E-state index is -4.18. The van der Waals surface area contributed by atoms with Crippen LogP contribution in [0.2, 0.25) is 0 Å². The second-order valence-electron chi connectivity index (χ2n) is 3.45. The molecule has 2 rings (SSSR count). The van der Waals surface area contributed by atoms with E-state index >= 15 is 0 Å². The fourth-order valence-electron chi connectivity index (χ4n) is 1.33. The molecular formula is C12H11O4P. The largest absolute Gasteiger partial charge is 0.457 e.